The Morgan fingerprint density at radius 1 is 1.33 bits per heavy atom. The lowest BCUT2D eigenvalue weighted by Gasteiger charge is -2.33. The molecule has 2 unspecified atom stereocenters. The maximum absolute atomic E-state index is 10.3. The van der Waals surface area contributed by atoms with Gasteiger partial charge in [0.1, 0.15) is 0 Å². The van der Waals surface area contributed by atoms with Crippen LogP contribution in [0.1, 0.15) is 32.8 Å². The molecule has 0 fully saturated rings. The Hall–Kier alpha value is -0.280. The first-order valence-electron chi connectivity index (χ1n) is 6.19. The van der Waals surface area contributed by atoms with E-state index in [1.807, 2.05) is 20.8 Å². The minimum atomic E-state index is -0.613. The van der Waals surface area contributed by atoms with Gasteiger partial charge >= 0.3 is 0 Å². The van der Waals surface area contributed by atoms with E-state index in [1.165, 1.54) is 0 Å². The second kappa shape index (κ2) is 6.76. The van der Waals surface area contributed by atoms with Crippen LogP contribution in [0.4, 0.5) is 0 Å². The quantitative estimate of drug-likeness (QED) is 0.855. The first-order chi connectivity index (χ1) is 8.42. The number of ether oxygens (including phenoxy) is 1. The van der Waals surface area contributed by atoms with Gasteiger partial charge in [0.2, 0.25) is 0 Å². The molecule has 0 saturated heterocycles. The predicted molar refractivity (Wildman–Crippen MR) is 76.5 cm³/mol. The van der Waals surface area contributed by atoms with Crippen molar-refractivity contribution in [2.24, 2.45) is 0 Å². The maximum atomic E-state index is 10.3. The summed E-state index contributed by atoms with van der Waals surface area (Å²) in [5.74, 6) is 0. The topological polar surface area (TPSA) is 29.5 Å². The summed E-state index contributed by atoms with van der Waals surface area (Å²) in [5.41, 5.74) is 0.288. The molecule has 0 bridgehead atoms. The van der Waals surface area contributed by atoms with E-state index in [1.54, 1.807) is 18.2 Å². The highest BCUT2D eigenvalue weighted by Crippen LogP contribution is 2.27. The lowest BCUT2D eigenvalue weighted by atomic mass is 9.90. The Balaban J connectivity index is 2.85. The van der Waals surface area contributed by atoms with Crippen LogP contribution in [0.3, 0.4) is 0 Å². The third-order valence-corrected chi connectivity index (χ3v) is 3.91. The van der Waals surface area contributed by atoms with E-state index in [-0.39, 0.29) is 0 Å². The van der Waals surface area contributed by atoms with Crippen LogP contribution < -0.4 is 0 Å². The number of rotatable bonds is 6. The van der Waals surface area contributed by atoms with Gasteiger partial charge in [-0.15, -0.1) is 0 Å². The Bertz CT molecular complexity index is 395. The molecule has 0 aliphatic rings. The number of aliphatic hydroxyl groups is 1. The highest BCUT2D eigenvalue weighted by Gasteiger charge is 2.32. The average molecular weight is 291 g/mol. The summed E-state index contributed by atoms with van der Waals surface area (Å²) < 4.78 is 5.66. The molecule has 2 atom stereocenters. The van der Waals surface area contributed by atoms with Crippen LogP contribution in [0.25, 0.3) is 0 Å². The normalized spacial score (nSPS) is 16.3. The molecule has 102 valence electrons. The van der Waals surface area contributed by atoms with E-state index < -0.39 is 11.7 Å². The predicted octanol–water partition coefficient (Wildman–Crippen LogP) is 4.10. The molecule has 0 aliphatic heterocycles. The molecule has 0 amide bonds. The Kier molecular flexibility index (Phi) is 5.93. The molecule has 1 aromatic carbocycles. The summed E-state index contributed by atoms with van der Waals surface area (Å²) in [5, 5.41) is 11.6. The number of hydrogen-bond acceptors (Lipinski definition) is 2. The lowest BCUT2D eigenvalue weighted by Crippen LogP contribution is -2.43. The first-order valence-corrected chi connectivity index (χ1v) is 6.94. The van der Waals surface area contributed by atoms with Crippen molar-refractivity contribution in [3.63, 3.8) is 0 Å². The zero-order valence-electron chi connectivity index (χ0n) is 11.0. The van der Waals surface area contributed by atoms with Crippen molar-refractivity contribution in [3.8, 4) is 0 Å². The van der Waals surface area contributed by atoms with Crippen LogP contribution in [0.15, 0.2) is 18.2 Å². The van der Waals surface area contributed by atoms with Crippen molar-refractivity contribution >= 4 is 23.2 Å². The molecular formula is C14H20Cl2O2. The summed E-state index contributed by atoms with van der Waals surface area (Å²) in [7, 11) is 0. The van der Waals surface area contributed by atoms with E-state index >= 15 is 0 Å². The molecule has 4 heteroatoms. The van der Waals surface area contributed by atoms with Gasteiger partial charge in [-0.3, -0.25) is 0 Å². The van der Waals surface area contributed by atoms with Gasteiger partial charge in [-0.05, 0) is 44.0 Å². The second-order valence-corrected chi connectivity index (χ2v) is 5.40. The maximum Gasteiger partial charge on any atom is 0.0912 e. The van der Waals surface area contributed by atoms with Gasteiger partial charge in [0.05, 0.1) is 11.7 Å². The van der Waals surface area contributed by atoms with Crippen molar-refractivity contribution in [1.82, 2.24) is 0 Å². The summed E-state index contributed by atoms with van der Waals surface area (Å²) in [6.45, 7) is 6.41. The molecule has 1 rings (SSSR count). The third kappa shape index (κ3) is 3.86. The zero-order valence-corrected chi connectivity index (χ0v) is 12.6. The van der Waals surface area contributed by atoms with Crippen LogP contribution in [0, 0.1) is 0 Å². The van der Waals surface area contributed by atoms with Crippen molar-refractivity contribution in [2.45, 2.75) is 45.3 Å². The Morgan fingerprint density at radius 2 is 2.00 bits per heavy atom. The van der Waals surface area contributed by atoms with Gasteiger partial charge in [0, 0.05) is 23.1 Å². The summed E-state index contributed by atoms with van der Waals surface area (Å²) in [6, 6.07) is 5.27. The fourth-order valence-corrected chi connectivity index (χ4v) is 2.28. The van der Waals surface area contributed by atoms with Gasteiger partial charge < -0.3 is 9.84 Å². The second-order valence-electron chi connectivity index (χ2n) is 4.55. The van der Waals surface area contributed by atoms with E-state index in [0.29, 0.717) is 23.1 Å². The molecule has 0 saturated carbocycles. The van der Waals surface area contributed by atoms with Gasteiger partial charge in [0.15, 0.2) is 0 Å². The minimum Gasteiger partial charge on any atom is -0.390 e. The fourth-order valence-electron chi connectivity index (χ4n) is 1.89. The van der Waals surface area contributed by atoms with E-state index in [2.05, 4.69) is 0 Å². The molecule has 0 aromatic heterocycles. The molecule has 18 heavy (non-hydrogen) atoms. The summed E-state index contributed by atoms with van der Waals surface area (Å²) in [4.78, 5) is 0. The number of halogens is 2. The summed E-state index contributed by atoms with van der Waals surface area (Å²) >= 11 is 12.0. The van der Waals surface area contributed by atoms with Crippen LogP contribution in [-0.2, 0) is 11.2 Å². The highest BCUT2D eigenvalue weighted by atomic mass is 35.5. The van der Waals surface area contributed by atoms with Gasteiger partial charge in [-0.25, -0.2) is 0 Å². The van der Waals surface area contributed by atoms with Crippen LogP contribution in [0.2, 0.25) is 10.0 Å². The monoisotopic (exact) mass is 290 g/mol. The third-order valence-electron chi connectivity index (χ3n) is 3.30. The Labute approximate surface area is 119 Å². The van der Waals surface area contributed by atoms with Gasteiger partial charge in [0.25, 0.3) is 0 Å². The number of benzene rings is 1. The standard InChI is InChI=1S/C14H20Cl2O2/c1-4-14(3,18-5-2)13(17)9-10-8-11(15)6-7-12(10)16/h6-8,13,17H,4-5,9H2,1-3H3. The van der Waals surface area contributed by atoms with Gasteiger partial charge in [-0.1, -0.05) is 30.1 Å². The average Bonchev–Trinajstić information content (AvgIpc) is 2.34. The molecule has 2 nitrogen and oxygen atoms in total. The molecule has 1 N–H and O–H groups in total. The largest absolute Gasteiger partial charge is 0.390 e. The fraction of sp³-hybridized carbons (Fsp3) is 0.571. The van der Waals surface area contributed by atoms with Crippen molar-refractivity contribution in [2.75, 3.05) is 6.61 Å². The molecule has 0 radical (unpaired) electrons. The highest BCUT2D eigenvalue weighted by molar-refractivity contribution is 6.33. The summed E-state index contributed by atoms with van der Waals surface area (Å²) in [6.07, 6.45) is 0.558. The molecule has 0 spiro atoms. The number of aliphatic hydroxyl groups excluding tert-OH is 1. The van der Waals surface area contributed by atoms with E-state index in [9.17, 15) is 5.11 Å². The zero-order chi connectivity index (χ0) is 13.8. The Morgan fingerprint density at radius 3 is 2.56 bits per heavy atom. The van der Waals surface area contributed by atoms with Crippen LogP contribution in [0.5, 0.6) is 0 Å². The lowest BCUT2D eigenvalue weighted by molar-refractivity contribution is -0.110. The van der Waals surface area contributed by atoms with E-state index in [0.717, 1.165) is 12.0 Å². The SMILES string of the molecule is CCOC(C)(CC)C(O)Cc1cc(Cl)ccc1Cl. The van der Waals surface area contributed by atoms with Crippen molar-refractivity contribution < 1.29 is 9.84 Å². The number of hydrogen-bond donors (Lipinski definition) is 1. The molecular weight excluding hydrogens is 271 g/mol. The van der Waals surface area contributed by atoms with Crippen molar-refractivity contribution in [1.29, 1.82) is 0 Å². The van der Waals surface area contributed by atoms with E-state index in [4.69, 9.17) is 27.9 Å². The molecule has 1 aromatic rings. The van der Waals surface area contributed by atoms with Crippen LogP contribution >= 0.6 is 23.2 Å². The van der Waals surface area contributed by atoms with Gasteiger partial charge in [-0.2, -0.15) is 0 Å². The minimum absolute atomic E-state index is 0.434. The smallest absolute Gasteiger partial charge is 0.0912 e. The van der Waals surface area contributed by atoms with Crippen molar-refractivity contribution in [3.05, 3.63) is 33.8 Å². The van der Waals surface area contributed by atoms with Crippen LogP contribution in [-0.4, -0.2) is 23.4 Å². The molecule has 0 aliphatic carbocycles. The molecule has 0 heterocycles. The first kappa shape index (κ1) is 15.8.